The van der Waals surface area contributed by atoms with Crippen molar-refractivity contribution in [3.05, 3.63) is 90.5 Å². The van der Waals surface area contributed by atoms with Gasteiger partial charge in [0.2, 0.25) is 0 Å². The van der Waals surface area contributed by atoms with Crippen LogP contribution in [0.15, 0.2) is 99.6 Å². The Morgan fingerprint density at radius 3 is 1.79 bits per heavy atom. The van der Waals surface area contributed by atoms with E-state index >= 15 is 0 Å². The van der Waals surface area contributed by atoms with Gasteiger partial charge in [-0.2, -0.15) is 0 Å². The minimum atomic E-state index is -0.631. The number of carbonyl (C=O) groups excluding carboxylic acids is 1. The molecule has 4 bridgehead atoms. The molecule has 3 aromatic rings. The van der Waals surface area contributed by atoms with Gasteiger partial charge in [-0.3, -0.25) is 0 Å². The van der Waals surface area contributed by atoms with Gasteiger partial charge >= 0.3 is 5.97 Å². The highest BCUT2D eigenvalue weighted by molar-refractivity contribution is 7.97. The summed E-state index contributed by atoms with van der Waals surface area (Å²) in [5.74, 6) is 0.724. The van der Waals surface area contributed by atoms with Gasteiger partial charge in [-0.05, 0) is 92.5 Å². The summed E-state index contributed by atoms with van der Waals surface area (Å²) >= 11 is 0. The molecule has 3 aromatic carbocycles. The second-order valence-corrected chi connectivity index (χ2v) is 12.2. The van der Waals surface area contributed by atoms with Crippen LogP contribution in [0.2, 0.25) is 0 Å². The maximum atomic E-state index is 13.2. The fourth-order valence-electron chi connectivity index (χ4n) is 6.75. The van der Waals surface area contributed by atoms with E-state index in [4.69, 9.17) is 4.74 Å². The SMILES string of the molecule is O=C(OC12CC3CC(CC(O)(C3)C1)C2)c1ccc([S+](c2ccccc2)c2ccccc2)cc1. The van der Waals surface area contributed by atoms with Gasteiger partial charge in [-0.25, -0.2) is 4.79 Å². The maximum Gasteiger partial charge on any atom is 0.338 e. The van der Waals surface area contributed by atoms with Crippen LogP contribution in [-0.4, -0.2) is 22.3 Å². The first-order valence-electron chi connectivity index (χ1n) is 11.9. The summed E-state index contributed by atoms with van der Waals surface area (Å²) in [6, 6.07) is 28.9. The lowest BCUT2D eigenvalue weighted by atomic mass is 9.52. The summed E-state index contributed by atoms with van der Waals surface area (Å²) in [5, 5.41) is 11.0. The first-order valence-corrected chi connectivity index (χ1v) is 13.1. The van der Waals surface area contributed by atoms with Crippen molar-refractivity contribution in [2.75, 3.05) is 0 Å². The summed E-state index contributed by atoms with van der Waals surface area (Å²) in [4.78, 5) is 16.8. The highest BCUT2D eigenvalue weighted by atomic mass is 32.2. The average molecular weight is 458 g/mol. The normalized spacial score (nSPS) is 29.9. The number of hydrogen-bond donors (Lipinski definition) is 1. The van der Waals surface area contributed by atoms with Gasteiger partial charge in [0.15, 0.2) is 14.7 Å². The van der Waals surface area contributed by atoms with E-state index < -0.39 is 11.2 Å². The minimum absolute atomic E-state index is 0.238. The molecule has 168 valence electrons. The first-order chi connectivity index (χ1) is 16.0. The number of hydrogen-bond acceptors (Lipinski definition) is 3. The Hall–Kier alpha value is -2.56. The Bertz CT molecular complexity index is 1090. The standard InChI is InChI=1S/C29H29O3S/c30-27(32-29-18-21-15-22(19-29)17-28(31,16-21)20-29)23-11-13-26(14-12-23)33(24-7-3-1-4-8-24)25-9-5-2-6-10-25/h1-14,21-22,31H,15-20H2/q+1. The van der Waals surface area contributed by atoms with Crippen molar-refractivity contribution in [1.82, 2.24) is 0 Å². The molecule has 0 amide bonds. The Morgan fingerprint density at radius 2 is 1.27 bits per heavy atom. The van der Waals surface area contributed by atoms with Crippen molar-refractivity contribution in [2.45, 2.75) is 64.4 Å². The van der Waals surface area contributed by atoms with E-state index in [2.05, 4.69) is 60.7 Å². The summed E-state index contributed by atoms with van der Waals surface area (Å²) < 4.78 is 6.17. The Labute approximate surface area is 198 Å². The molecular formula is C29H29O3S+. The fourth-order valence-corrected chi connectivity index (χ4v) is 8.84. The predicted molar refractivity (Wildman–Crippen MR) is 129 cm³/mol. The molecule has 0 heterocycles. The van der Waals surface area contributed by atoms with Gasteiger partial charge in [-0.1, -0.05) is 36.4 Å². The predicted octanol–water partition coefficient (Wildman–Crippen LogP) is 6.02. The number of carbonyl (C=O) groups is 1. The molecule has 33 heavy (non-hydrogen) atoms. The molecule has 2 unspecified atom stereocenters. The highest BCUT2D eigenvalue weighted by Gasteiger charge is 2.59. The van der Waals surface area contributed by atoms with E-state index in [-0.39, 0.29) is 16.9 Å². The zero-order valence-electron chi connectivity index (χ0n) is 18.7. The zero-order chi connectivity index (χ0) is 22.5. The van der Waals surface area contributed by atoms with Gasteiger partial charge in [-0.15, -0.1) is 0 Å². The molecule has 4 aliphatic carbocycles. The van der Waals surface area contributed by atoms with Crippen molar-refractivity contribution >= 4 is 16.9 Å². The molecule has 4 fully saturated rings. The lowest BCUT2D eigenvalue weighted by Crippen LogP contribution is -2.60. The maximum absolute atomic E-state index is 13.2. The van der Waals surface area contributed by atoms with E-state index in [1.165, 1.54) is 21.1 Å². The van der Waals surface area contributed by atoms with E-state index in [9.17, 15) is 9.90 Å². The zero-order valence-corrected chi connectivity index (χ0v) is 19.5. The van der Waals surface area contributed by atoms with Crippen LogP contribution in [-0.2, 0) is 15.6 Å². The molecule has 7 rings (SSSR count). The third-order valence-electron chi connectivity index (χ3n) is 7.57. The van der Waals surface area contributed by atoms with Gasteiger partial charge in [0.05, 0.1) is 22.1 Å². The largest absolute Gasteiger partial charge is 0.455 e. The van der Waals surface area contributed by atoms with Crippen LogP contribution < -0.4 is 0 Å². The molecule has 4 heteroatoms. The van der Waals surface area contributed by atoms with Crippen molar-refractivity contribution in [3.63, 3.8) is 0 Å². The topological polar surface area (TPSA) is 46.5 Å². The minimum Gasteiger partial charge on any atom is -0.455 e. The Morgan fingerprint density at radius 1 is 0.758 bits per heavy atom. The average Bonchev–Trinajstić information content (AvgIpc) is 2.79. The van der Waals surface area contributed by atoms with E-state index in [1.54, 1.807) is 0 Å². The highest BCUT2D eigenvalue weighted by Crippen LogP contribution is 2.59. The van der Waals surface area contributed by atoms with Gasteiger partial charge in [0, 0.05) is 6.42 Å². The molecule has 0 radical (unpaired) electrons. The lowest BCUT2D eigenvalue weighted by molar-refractivity contribution is -0.199. The van der Waals surface area contributed by atoms with Crippen molar-refractivity contribution in [2.24, 2.45) is 11.8 Å². The number of esters is 1. The molecule has 0 spiro atoms. The van der Waals surface area contributed by atoms with Gasteiger partial charge < -0.3 is 9.84 Å². The van der Waals surface area contributed by atoms with Crippen molar-refractivity contribution < 1.29 is 14.6 Å². The number of benzene rings is 3. The third kappa shape index (κ3) is 4.00. The summed E-state index contributed by atoms with van der Waals surface area (Å²) in [7, 11) is -0.238. The number of rotatable bonds is 5. The van der Waals surface area contributed by atoms with Crippen LogP contribution in [0, 0.1) is 11.8 Å². The van der Waals surface area contributed by atoms with Crippen LogP contribution in [0.3, 0.4) is 0 Å². The molecule has 4 saturated carbocycles. The molecular weight excluding hydrogens is 428 g/mol. The molecule has 0 aromatic heterocycles. The molecule has 0 aliphatic heterocycles. The Kier molecular flexibility index (Phi) is 5.11. The fraction of sp³-hybridized carbons (Fsp3) is 0.345. The molecule has 4 aliphatic rings. The monoisotopic (exact) mass is 457 g/mol. The summed E-state index contributed by atoms with van der Waals surface area (Å²) in [6.07, 6.45) is 5.33. The summed E-state index contributed by atoms with van der Waals surface area (Å²) in [5.41, 5.74) is -0.521. The van der Waals surface area contributed by atoms with Crippen molar-refractivity contribution in [3.8, 4) is 0 Å². The van der Waals surface area contributed by atoms with Gasteiger partial charge in [0.1, 0.15) is 5.60 Å². The lowest BCUT2D eigenvalue weighted by Gasteiger charge is -2.59. The Balaban J connectivity index is 1.25. The molecule has 0 saturated heterocycles. The first kappa shape index (κ1) is 21.0. The van der Waals surface area contributed by atoms with Crippen molar-refractivity contribution in [1.29, 1.82) is 0 Å². The van der Waals surface area contributed by atoms with Crippen LogP contribution >= 0.6 is 0 Å². The van der Waals surface area contributed by atoms with Crippen LogP contribution in [0.4, 0.5) is 0 Å². The van der Waals surface area contributed by atoms with E-state index in [0.29, 0.717) is 23.8 Å². The smallest absolute Gasteiger partial charge is 0.338 e. The second kappa shape index (κ2) is 8.03. The molecule has 3 nitrogen and oxygen atoms in total. The summed E-state index contributed by atoms with van der Waals surface area (Å²) in [6.45, 7) is 0. The van der Waals surface area contributed by atoms with Crippen LogP contribution in [0.1, 0.15) is 48.9 Å². The second-order valence-electron chi connectivity index (χ2n) is 10.2. The van der Waals surface area contributed by atoms with Gasteiger partial charge in [0.25, 0.3) is 0 Å². The quantitative estimate of drug-likeness (QED) is 0.376. The van der Waals surface area contributed by atoms with Crippen LogP contribution in [0.5, 0.6) is 0 Å². The molecule has 1 N–H and O–H groups in total. The third-order valence-corrected chi connectivity index (χ3v) is 9.80. The number of aliphatic hydroxyl groups is 1. The van der Waals surface area contributed by atoms with Crippen LogP contribution in [0.25, 0.3) is 0 Å². The van der Waals surface area contributed by atoms with E-state index in [1.807, 2.05) is 24.3 Å². The van der Waals surface area contributed by atoms with E-state index in [0.717, 1.165) is 25.7 Å². The molecule has 2 atom stereocenters. The number of ether oxygens (including phenoxy) is 1.